The largest absolute Gasteiger partial charge is 0.500 e. The summed E-state index contributed by atoms with van der Waals surface area (Å²) in [6.45, 7) is 6.16. The number of hydrogen-bond donors (Lipinski definition) is 0. The lowest BCUT2D eigenvalue weighted by atomic mass is 10.4. The quantitative estimate of drug-likeness (QED) is 0.599. The molecule has 0 aliphatic carbocycles. The second-order valence-electron chi connectivity index (χ2n) is 3.36. The Balaban J connectivity index is 4.13. The first-order valence-electron chi connectivity index (χ1n) is 4.88. The van der Waals surface area contributed by atoms with Gasteiger partial charge in [0, 0.05) is 26.4 Å². The molecule has 0 bridgehead atoms. The summed E-state index contributed by atoms with van der Waals surface area (Å²) in [4.78, 5) is 0. The normalized spacial score (nSPS) is 12.5. The third kappa shape index (κ3) is 4.76. The zero-order chi connectivity index (χ0) is 10.3. The van der Waals surface area contributed by atoms with E-state index in [4.69, 9.17) is 13.3 Å². The topological polar surface area (TPSA) is 27.7 Å². The average Bonchev–Trinajstić information content (AvgIpc) is 2.12. The summed E-state index contributed by atoms with van der Waals surface area (Å²) in [5.74, 6) is 0. The molecule has 0 aromatic rings. The monoisotopic (exact) mass is 206 g/mol. The van der Waals surface area contributed by atoms with Crippen LogP contribution in [0.25, 0.3) is 0 Å². The SMILES string of the molecule is CCCC[Si](OC)(OC)OC(C)C. The van der Waals surface area contributed by atoms with E-state index in [0.29, 0.717) is 0 Å². The van der Waals surface area contributed by atoms with Crippen molar-refractivity contribution in [3.63, 3.8) is 0 Å². The lowest BCUT2D eigenvalue weighted by molar-refractivity contribution is 0.0694. The molecule has 80 valence electrons. The highest BCUT2D eigenvalue weighted by molar-refractivity contribution is 6.60. The van der Waals surface area contributed by atoms with E-state index < -0.39 is 8.80 Å². The van der Waals surface area contributed by atoms with Crippen LogP contribution in [0.3, 0.4) is 0 Å². The second kappa shape index (κ2) is 6.54. The first-order valence-corrected chi connectivity index (χ1v) is 6.81. The molecule has 0 radical (unpaired) electrons. The standard InChI is InChI=1S/C9H22O3Si/c1-6-7-8-13(10-4,11-5)12-9(2)3/h9H,6-8H2,1-5H3. The number of rotatable bonds is 7. The molecule has 0 aromatic carbocycles. The van der Waals surface area contributed by atoms with Crippen LogP contribution < -0.4 is 0 Å². The maximum absolute atomic E-state index is 5.73. The summed E-state index contributed by atoms with van der Waals surface area (Å²) in [5.41, 5.74) is 0. The van der Waals surface area contributed by atoms with Crippen LogP contribution in [-0.4, -0.2) is 29.1 Å². The fourth-order valence-corrected chi connectivity index (χ4v) is 3.59. The van der Waals surface area contributed by atoms with Crippen molar-refractivity contribution < 1.29 is 13.3 Å². The van der Waals surface area contributed by atoms with Gasteiger partial charge in [-0.2, -0.15) is 0 Å². The summed E-state index contributed by atoms with van der Waals surface area (Å²) in [5, 5.41) is 0. The molecule has 3 nitrogen and oxygen atoms in total. The van der Waals surface area contributed by atoms with Crippen LogP contribution in [0.5, 0.6) is 0 Å². The molecule has 0 aromatic heterocycles. The predicted molar refractivity (Wildman–Crippen MR) is 55.7 cm³/mol. The minimum atomic E-state index is -2.33. The summed E-state index contributed by atoms with van der Waals surface area (Å²) >= 11 is 0. The van der Waals surface area contributed by atoms with Crippen molar-refractivity contribution in [2.24, 2.45) is 0 Å². The molecule has 0 N–H and O–H groups in total. The van der Waals surface area contributed by atoms with Crippen molar-refractivity contribution >= 4 is 8.80 Å². The molecule has 0 heterocycles. The van der Waals surface area contributed by atoms with Crippen LogP contribution in [0.4, 0.5) is 0 Å². The van der Waals surface area contributed by atoms with E-state index in [-0.39, 0.29) is 6.10 Å². The first kappa shape index (κ1) is 13.1. The van der Waals surface area contributed by atoms with Crippen LogP contribution in [0.2, 0.25) is 6.04 Å². The van der Waals surface area contributed by atoms with Gasteiger partial charge >= 0.3 is 8.80 Å². The Labute approximate surface area is 82.8 Å². The third-order valence-electron chi connectivity index (χ3n) is 1.87. The molecular weight excluding hydrogens is 184 g/mol. The van der Waals surface area contributed by atoms with E-state index in [1.807, 2.05) is 13.8 Å². The van der Waals surface area contributed by atoms with Crippen molar-refractivity contribution in [3.8, 4) is 0 Å². The van der Waals surface area contributed by atoms with Gasteiger partial charge in [0.2, 0.25) is 0 Å². The van der Waals surface area contributed by atoms with Gasteiger partial charge < -0.3 is 13.3 Å². The molecule has 0 saturated carbocycles. The van der Waals surface area contributed by atoms with Crippen LogP contribution in [0.1, 0.15) is 33.6 Å². The Kier molecular flexibility index (Phi) is 6.58. The van der Waals surface area contributed by atoms with E-state index in [1.165, 1.54) is 0 Å². The Hall–Kier alpha value is 0.0969. The molecule has 0 aliphatic heterocycles. The Morgan fingerprint density at radius 1 is 1.15 bits per heavy atom. The highest BCUT2D eigenvalue weighted by Crippen LogP contribution is 2.18. The van der Waals surface area contributed by atoms with Crippen molar-refractivity contribution in [1.29, 1.82) is 0 Å². The molecule has 4 heteroatoms. The first-order chi connectivity index (χ1) is 6.10. The molecule has 0 amide bonds. The van der Waals surface area contributed by atoms with Crippen LogP contribution in [0, 0.1) is 0 Å². The molecule has 0 unspecified atom stereocenters. The zero-order valence-corrected chi connectivity index (χ0v) is 10.4. The highest BCUT2D eigenvalue weighted by Gasteiger charge is 2.38. The van der Waals surface area contributed by atoms with Gasteiger partial charge in [0.25, 0.3) is 0 Å². The minimum absolute atomic E-state index is 0.170. The Bertz CT molecular complexity index is 124. The fraction of sp³-hybridized carbons (Fsp3) is 1.00. The van der Waals surface area contributed by atoms with Crippen molar-refractivity contribution in [3.05, 3.63) is 0 Å². The number of unbranched alkanes of at least 4 members (excludes halogenated alkanes) is 1. The van der Waals surface area contributed by atoms with E-state index in [9.17, 15) is 0 Å². The predicted octanol–water partition coefficient (Wildman–Crippen LogP) is 2.44. The number of hydrogen-bond acceptors (Lipinski definition) is 3. The molecule has 0 spiro atoms. The Morgan fingerprint density at radius 2 is 1.69 bits per heavy atom. The van der Waals surface area contributed by atoms with Gasteiger partial charge in [0.1, 0.15) is 0 Å². The van der Waals surface area contributed by atoms with Gasteiger partial charge in [-0.25, -0.2) is 0 Å². The van der Waals surface area contributed by atoms with E-state index >= 15 is 0 Å². The van der Waals surface area contributed by atoms with E-state index in [1.54, 1.807) is 14.2 Å². The molecule has 0 rings (SSSR count). The highest BCUT2D eigenvalue weighted by atomic mass is 28.4. The van der Waals surface area contributed by atoms with Gasteiger partial charge in [-0.15, -0.1) is 0 Å². The molecule has 0 saturated heterocycles. The fourth-order valence-electron chi connectivity index (χ4n) is 1.20. The van der Waals surface area contributed by atoms with Gasteiger partial charge in [-0.05, 0) is 20.3 Å². The average molecular weight is 206 g/mol. The zero-order valence-electron chi connectivity index (χ0n) is 9.42. The van der Waals surface area contributed by atoms with Crippen molar-refractivity contribution in [2.75, 3.05) is 14.2 Å². The third-order valence-corrected chi connectivity index (χ3v) is 4.91. The van der Waals surface area contributed by atoms with E-state index in [0.717, 1.165) is 18.9 Å². The smallest absolute Gasteiger partial charge is 0.377 e. The van der Waals surface area contributed by atoms with Gasteiger partial charge in [-0.1, -0.05) is 13.3 Å². The molecule has 0 aliphatic rings. The van der Waals surface area contributed by atoms with Crippen LogP contribution in [0.15, 0.2) is 0 Å². The molecular formula is C9H22O3Si. The summed E-state index contributed by atoms with van der Waals surface area (Å²) < 4.78 is 16.5. The minimum Gasteiger partial charge on any atom is -0.377 e. The maximum Gasteiger partial charge on any atom is 0.500 e. The van der Waals surface area contributed by atoms with Crippen LogP contribution in [-0.2, 0) is 13.3 Å². The van der Waals surface area contributed by atoms with Gasteiger partial charge in [0.05, 0.1) is 0 Å². The summed E-state index contributed by atoms with van der Waals surface area (Å²) in [7, 11) is 1.02. The van der Waals surface area contributed by atoms with E-state index in [2.05, 4.69) is 6.92 Å². The van der Waals surface area contributed by atoms with Crippen molar-refractivity contribution in [1.82, 2.24) is 0 Å². The summed E-state index contributed by atoms with van der Waals surface area (Å²) in [6.07, 6.45) is 2.41. The van der Waals surface area contributed by atoms with Gasteiger partial charge in [-0.3, -0.25) is 0 Å². The van der Waals surface area contributed by atoms with Gasteiger partial charge in [0.15, 0.2) is 0 Å². The lowest BCUT2D eigenvalue weighted by Crippen LogP contribution is -2.45. The van der Waals surface area contributed by atoms with Crippen LogP contribution >= 0.6 is 0 Å². The Morgan fingerprint density at radius 3 is 2.00 bits per heavy atom. The van der Waals surface area contributed by atoms with Crippen molar-refractivity contribution in [2.45, 2.75) is 45.8 Å². The summed E-state index contributed by atoms with van der Waals surface area (Å²) in [6, 6.07) is 0.911. The molecule has 0 fully saturated rings. The molecule has 13 heavy (non-hydrogen) atoms. The lowest BCUT2D eigenvalue weighted by Gasteiger charge is -2.28. The maximum atomic E-state index is 5.73. The second-order valence-corrected chi connectivity index (χ2v) is 6.28. The molecule has 0 atom stereocenters.